The largest absolute Gasteiger partial charge is 0.484 e. The van der Waals surface area contributed by atoms with Crippen molar-refractivity contribution in [1.29, 1.82) is 0 Å². The van der Waals surface area contributed by atoms with Gasteiger partial charge in [0.1, 0.15) is 16.6 Å². The predicted molar refractivity (Wildman–Crippen MR) is 90.4 cm³/mol. The number of nitrogens with zero attached hydrogens (tertiary/aromatic N) is 2. The number of carbonyl (C=O) groups excluding carboxylic acids is 1. The number of hydrazone groups is 1. The Hall–Kier alpha value is -3.00. The fourth-order valence-electron chi connectivity index (χ4n) is 1.83. The van der Waals surface area contributed by atoms with Gasteiger partial charge >= 0.3 is 0 Å². The van der Waals surface area contributed by atoms with Gasteiger partial charge in [-0.15, -0.1) is 0 Å². The molecule has 130 valence electrons. The van der Waals surface area contributed by atoms with Crippen LogP contribution in [0.2, 0.25) is 5.02 Å². The molecular formula is C16H13ClFN3O4. The van der Waals surface area contributed by atoms with Crippen molar-refractivity contribution in [3.63, 3.8) is 0 Å². The molecule has 2 rings (SSSR count). The minimum absolute atomic E-state index is 0.00841. The average molecular weight is 366 g/mol. The molecule has 2 aromatic carbocycles. The molecule has 0 saturated heterocycles. The van der Waals surface area contributed by atoms with Crippen molar-refractivity contribution >= 4 is 28.9 Å². The second-order valence-electron chi connectivity index (χ2n) is 4.90. The van der Waals surface area contributed by atoms with E-state index in [2.05, 4.69) is 10.5 Å². The van der Waals surface area contributed by atoms with Crippen LogP contribution in [0.5, 0.6) is 5.75 Å². The molecule has 9 heteroatoms. The lowest BCUT2D eigenvalue weighted by molar-refractivity contribution is -0.384. The van der Waals surface area contributed by atoms with E-state index in [4.69, 9.17) is 16.3 Å². The lowest BCUT2D eigenvalue weighted by Gasteiger charge is -2.06. The minimum atomic E-state index is -0.607. The Kier molecular flexibility index (Phi) is 6.02. The summed E-state index contributed by atoms with van der Waals surface area (Å²) < 4.78 is 18.1. The third kappa shape index (κ3) is 5.25. The van der Waals surface area contributed by atoms with E-state index in [0.29, 0.717) is 11.3 Å². The van der Waals surface area contributed by atoms with Crippen LogP contribution >= 0.6 is 11.6 Å². The molecule has 0 atom stereocenters. The molecule has 0 radical (unpaired) electrons. The number of amides is 1. The molecule has 0 saturated carbocycles. The van der Waals surface area contributed by atoms with E-state index in [1.165, 1.54) is 30.3 Å². The molecule has 0 spiro atoms. The Morgan fingerprint density at radius 2 is 2.12 bits per heavy atom. The van der Waals surface area contributed by atoms with Crippen LogP contribution in [0.3, 0.4) is 0 Å². The first-order valence-electron chi connectivity index (χ1n) is 7.02. The van der Waals surface area contributed by atoms with Gasteiger partial charge in [0.2, 0.25) is 0 Å². The highest BCUT2D eigenvalue weighted by molar-refractivity contribution is 6.32. The van der Waals surface area contributed by atoms with Gasteiger partial charge in [0.05, 0.1) is 10.6 Å². The highest BCUT2D eigenvalue weighted by Gasteiger charge is 2.14. The van der Waals surface area contributed by atoms with E-state index < -0.39 is 16.6 Å². The first-order valence-corrected chi connectivity index (χ1v) is 7.40. The van der Waals surface area contributed by atoms with Crippen molar-refractivity contribution in [2.45, 2.75) is 6.92 Å². The van der Waals surface area contributed by atoms with E-state index in [1.807, 2.05) is 0 Å². The number of ether oxygens (including phenoxy) is 1. The Balaban J connectivity index is 1.97. The number of rotatable bonds is 6. The third-order valence-corrected chi connectivity index (χ3v) is 3.39. The summed E-state index contributed by atoms with van der Waals surface area (Å²) in [6, 6.07) is 9.56. The summed E-state index contributed by atoms with van der Waals surface area (Å²) >= 11 is 5.74. The number of nitro groups is 1. The molecule has 1 amide bonds. The molecule has 0 aliphatic heterocycles. The summed E-state index contributed by atoms with van der Waals surface area (Å²) in [4.78, 5) is 22.0. The Morgan fingerprint density at radius 3 is 2.80 bits per heavy atom. The van der Waals surface area contributed by atoms with E-state index in [0.717, 1.165) is 6.07 Å². The van der Waals surface area contributed by atoms with Crippen LogP contribution in [0, 0.1) is 15.9 Å². The van der Waals surface area contributed by atoms with Gasteiger partial charge in [-0.3, -0.25) is 14.9 Å². The predicted octanol–water partition coefficient (Wildman–Crippen LogP) is 3.31. The van der Waals surface area contributed by atoms with Crippen LogP contribution in [-0.4, -0.2) is 23.1 Å². The molecule has 0 bridgehead atoms. The molecule has 2 aromatic rings. The number of carbonyl (C=O) groups is 1. The number of nitro benzene ring substituents is 1. The van der Waals surface area contributed by atoms with Crippen LogP contribution in [-0.2, 0) is 4.79 Å². The zero-order chi connectivity index (χ0) is 18.4. The zero-order valence-corrected chi connectivity index (χ0v) is 13.8. The minimum Gasteiger partial charge on any atom is -0.484 e. The van der Waals surface area contributed by atoms with Gasteiger partial charge in [0.25, 0.3) is 11.6 Å². The molecule has 0 aliphatic rings. The highest BCUT2D eigenvalue weighted by Crippen LogP contribution is 2.25. The van der Waals surface area contributed by atoms with Crippen LogP contribution in [0.4, 0.5) is 10.1 Å². The zero-order valence-electron chi connectivity index (χ0n) is 13.0. The Morgan fingerprint density at radius 1 is 1.36 bits per heavy atom. The SMILES string of the molecule is C/C(=N/NC(=O)COc1cccc(F)c1)c1ccc(Cl)c([N+](=O)[O-])c1. The topological polar surface area (TPSA) is 93.8 Å². The number of halogens is 2. The summed E-state index contributed by atoms with van der Waals surface area (Å²) in [5.41, 5.74) is 2.78. The highest BCUT2D eigenvalue weighted by atomic mass is 35.5. The van der Waals surface area contributed by atoms with Crippen molar-refractivity contribution in [2.24, 2.45) is 5.10 Å². The van der Waals surface area contributed by atoms with Crippen LogP contribution in [0.1, 0.15) is 12.5 Å². The summed E-state index contributed by atoms with van der Waals surface area (Å²) in [7, 11) is 0. The number of hydrogen-bond acceptors (Lipinski definition) is 5. The molecule has 1 N–H and O–H groups in total. The molecule has 25 heavy (non-hydrogen) atoms. The second kappa shape index (κ2) is 8.20. The fraction of sp³-hybridized carbons (Fsp3) is 0.125. The van der Waals surface area contributed by atoms with E-state index in [1.54, 1.807) is 13.0 Å². The van der Waals surface area contributed by atoms with Crippen LogP contribution < -0.4 is 10.2 Å². The monoisotopic (exact) mass is 365 g/mol. The Labute approximate surface area is 147 Å². The second-order valence-corrected chi connectivity index (χ2v) is 5.31. The molecule has 0 heterocycles. The van der Waals surface area contributed by atoms with Gasteiger partial charge in [0.15, 0.2) is 6.61 Å². The van der Waals surface area contributed by atoms with Crippen molar-refractivity contribution in [3.8, 4) is 5.75 Å². The maximum Gasteiger partial charge on any atom is 0.288 e. The molecule has 0 unspecified atom stereocenters. The lowest BCUT2D eigenvalue weighted by atomic mass is 10.1. The van der Waals surface area contributed by atoms with Crippen LogP contribution in [0.25, 0.3) is 0 Å². The van der Waals surface area contributed by atoms with Gasteiger partial charge in [-0.1, -0.05) is 23.7 Å². The fourth-order valence-corrected chi connectivity index (χ4v) is 2.01. The van der Waals surface area contributed by atoms with Crippen LogP contribution in [0.15, 0.2) is 47.6 Å². The normalized spacial score (nSPS) is 11.1. The summed E-state index contributed by atoms with van der Waals surface area (Å²) in [6.07, 6.45) is 0. The summed E-state index contributed by atoms with van der Waals surface area (Å²) in [5.74, 6) is -0.827. The van der Waals surface area contributed by atoms with Gasteiger partial charge in [-0.05, 0) is 25.1 Å². The van der Waals surface area contributed by atoms with E-state index in [9.17, 15) is 19.3 Å². The molecule has 0 aliphatic carbocycles. The van der Waals surface area contributed by atoms with E-state index >= 15 is 0 Å². The van der Waals surface area contributed by atoms with Gasteiger partial charge in [0, 0.05) is 17.7 Å². The van der Waals surface area contributed by atoms with Crippen molar-refractivity contribution < 1.29 is 18.8 Å². The average Bonchev–Trinajstić information content (AvgIpc) is 2.58. The summed E-state index contributed by atoms with van der Waals surface area (Å²) in [6.45, 7) is 1.21. The van der Waals surface area contributed by atoms with Gasteiger partial charge in [-0.2, -0.15) is 5.10 Å². The maximum absolute atomic E-state index is 13.0. The quantitative estimate of drug-likeness (QED) is 0.482. The van der Waals surface area contributed by atoms with E-state index in [-0.39, 0.29) is 23.1 Å². The van der Waals surface area contributed by atoms with Gasteiger partial charge in [-0.25, -0.2) is 9.82 Å². The molecular weight excluding hydrogens is 353 g/mol. The molecule has 0 aromatic heterocycles. The van der Waals surface area contributed by atoms with Crippen molar-refractivity contribution in [3.05, 3.63) is 69.0 Å². The maximum atomic E-state index is 13.0. The number of hydrogen-bond donors (Lipinski definition) is 1. The first-order chi connectivity index (χ1) is 11.9. The first kappa shape index (κ1) is 18.3. The Bertz CT molecular complexity index is 842. The number of benzene rings is 2. The molecule has 0 fully saturated rings. The summed E-state index contributed by atoms with van der Waals surface area (Å²) in [5, 5.41) is 14.7. The van der Waals surface area contributed by atoms with Crippen molar-refractivity contribution in [1.82, 2.24) is 5.43 Å². The number of nitrogens with one attached hydrogen (secondary N) is 1. The van der Waals surface area contributed by atoms with Crippen molar-refractivity contribution in [2.75, 3.05) is 6.61 Å². The third-order valence-electron chi connectivity index (χ3n) is 3.07. The lowest BCUT2D eigenvalue weighted by Crippen LogP contribution is -2.25. The van der Waals surface area contributed by atoms with Gasteiger partial charge < -0.3 is 4.74 Å². The smallest absolute Gasteiger partial charge is 0.288 e. The standard InChI is InChI=1S/C16H13ClFN3O4/c1-10(11-5-6-14(17)15(7-11)21(23)24)19-20-16(22)9-25-13-4-2-3-12(18)8-13/h2-8H,9H2,1H3,(H,20,22)/b19-10-. The molecule has 7 nitrogen and oxygen atoms in total.